The Morgan fingerprint density at radius 1 is 1.56 bits per heavy atom. The van der Waals surface area contributed by atoms with Gasteiger partial charge in [-0.1, -0.05) is 20.8 Å². The fourth-order valence-corrected chi connectivity index (χ4v) is 2.36. The van der Waals surface area contributed by atoms with Gasteiger partial charge in [-0.25, -0.2) is 4.98 Å². The van der Waals surface area contributed by atoms with E-state index in [1.165, 1.54) is 0 Å². The quantitative estimate of drug-likeness (QED) is 0.859. The van der Waals surface area contributed by atoms with Crippen LogP contribution in [0.2, 0.25) is 0 Å². The van der Waals surface area contributed by atoms with E-state index in [0.717, 1.165) is 10.7 Å². The Morgan fingerprint density at radius 3 is 2.67 bits per heavy atom. The van der Waals surface area contributed by atoms with E-state index in [2.05, 4.69) is 31.1 Å². The molecule has 0 aliphatic carbocycles. The van der Waals surface area contributed by atoms with Crippen molar-refractivity contribution < 1.29 is 9.90 Å². The number of rotatable bonds is 5. The molecule has 0 aliphatic heterocycles. The molecular weight excluding hydrogens is 248 g/mol. The van der Waals surface area contributed by atoms with Crippen molar-refractivity contribution in [3.05, 3.63) is 16.1 Å². The molecule has 5 heteroatoms. The van der Waals surface area contributed by atoms with E-state index in [1.54, 1.807) is 11.3 Å². The van der Waals surface area contributed by atoms with Crippen LogP contribution < -0.4 is 5.32 Å². The van der Waals surface area contributed by atoms with Crippen LogP contribution in [0.25, 0.3) is 0 Å². The third-order valence-electron chi connectivity index (χ3n) is 2.81. The monoisotopic (exact) mass is 270 g/mol. The number of amides is 1. The number of aliphatic hydroxyl groups excluding tert-OH is 1. The van der Waals surface area contributed by atoms with Gasteiger partial charge < -0.3 is 10.4 Å². The lowest BCUT2D eigenvalue weighted by molar-refractivity contribution is -0.122. The zero-order chi connectivity index (χ0) is 13.8. The average molecular weight is 270 g/mol. The minimum atomic E-state index is -0.0591. The van der Waals surface area contributed by atoms with Crippen molar-refractivity contribution in [2.24, 2.45) is 5.41 Å². The number of thiazole rings is 1. The number of carbonyl (C=O) groups is 1. The second-order valence-corrected chi connectivity index (χ2v) is 6.60. The van der Waals surface area contributed by atoms with Crippen molar-refractivity contribution in [3.63, 3.8) is 0 Å². The molecule has 1 aromatic rings. The SMILES string of the molecule is Cc1nc(CC(=O)NC(CCO)C(C)(C)C)cs1. The highest BCUT2D eigenvalue weighted by atomic mass is 32.1. The largest absolute Gasteiger partial charge is 0.396 e. The van der Waals surface area contributed by atoms with Gasteiger partial charge in [0.05, 0.1) is 17.1 Å². The summed E-state index contributed by atoms with van der Waals surface area (Å²) in [5, 5.41) is 14.9. The van der Waals surface area contributed by atoms with Crippen LogP contribution >= 0.6 is 11.3 Å². The van der Waals surface area contributed by atoms with E-state index < -0.39 is 0 Å². The first-order valence-electron chi connectivity index (χ1n) is 6.14. The van der Waals surface area contributed by atoms with Crippen molar-refractivity contribution in [2.75, 3.05) is 6.61 Å². The smallest absolute Gasteiger partial charge is 0.226 e. The number of nitrogens with one attached hydrogen (secondary N) is 1. The molecule has 2 N–H and O–H groups in total. The van der Waals surface area contributed by atoms with E-state index >= 15 is 0 Å². The van der Waals surface area contributed by atoms with Gasteiger partial charge in [0.15, 0.2) is 0 Å². The van der Waals surface area contributed by atoms with E-state index in [0.29, 0.717) is 12.8 Å². The highest BCUT2D eigenvalue weighted by Gasteiger charge is 2.25. The van der Waals surface area contributed by atoms with Crippen LogP contribution in [0.3, 0.4) is 0 Å². The fraction of sp³-hybridized carbons (Fsp3) is 0.692. The fourth-order valence-electron chi connectivity index (χ4n) is 1.75. The zero-order valence-corrected chi connectivity index (χ0v) is 12.3. The first kappa shape index (κ1) is 15.1. The second-order valence-electron chi connectivity index (χ2n) is 5.53. The van der Waals surface area contributed by atoms with Gasteiger partial charge in [0.1, 0.15) is 0 Å². The van der Waals surface area contributed by atoms with Crippen molar-refractivity contribution in [1.82, 2.24) is 10.3 Å². The highest BCUT2D eigenvalue weighted by molar-refractivity contribution is 7.09. The molecule has 4 nitrogen and oxygen atoms in total. The van der Waals surface area contributed by atoms with Crippen molar-refractivity contribution in [1.29, 1.82) is 0 Å². The van der Waals surface area contributed by atoms with Crippen molar-refractivity contribution >= 4 is 17.2 Å². The molecule has 0 aromatic carbocycles. The molecule has 0 radical (unpaired) electrons. The molecule has 0 bridgehead atoms. The molecule has 0 spiro atoms. The third-order valence-corrected chi connectivity index (χ3v) is 3.63. The van der Waals surface area contributed by atoms with Gasteiger partial charge in [-0.3, -0.25) is 4.79 Å². The molecular formula is C13H22N2O2S. The maximum absolute atomic E-state index is 11.9. The minimum absolute atomic E-state index is 0.0188. The number of aromatic nitrogens is 1. The molecule has 1 atom stereocenters. The van der Waals surface area contributed by atoms with Crippen LogP contribution in [0.5, 0.6) is 0 Å². The minimum Gasteiger partial charge on any atom is -0.396 e. The topological polar surface area (TPSA) is 62.2 Å². The Labute approximate surface area is 112 Å². The third kappa shape index (κ3) is 4.74. The number of carbonyl (C=O) groups excluding carboxylic acids is 1. The van der Waals surface area contributed by atoms with Gasteiger partial charge in [0.2, 0.25) is 5.91 Å². The van der Waals surface area contributed by atoms with E-state index in [1.807, 2.05) is 12.3 Å². The van der Waals surface area contributed by atoms with Gasteiger partial charge in [-0.15, -0.1) is 11.3 Å². The Kier molecular flexibility index (Phi) is 5.28. The molecule has 1 heterocycles. The van der Waals surface area contributed by atoms with Crippen LogP contribution in [-0.2, 0) is 11.2 Å². The van der Waals surface area contributed by atoms with Crippen molar-refractivity contribution in [3.8, 4) is 0 Å². The molecule has 0 fully saturated rings. The molecule has 0 saturated heterocycles. The Hall–Kier alpha value is -0.940. The van der Waals surface area contributed by atoms with Crippen LogP contribution in [0.1, 0.15) is 37.9 Å². The van der Waals surface area contributed by atoms with Gasteiger partial charge in [-0.2, -0.15) is 0 Å². The lowest BCUT2D eigenvalue weighted by Gasteiger charge is -2.31. The summed E-state index contributed by atoms with van der Waals surface area (Å²) in [5.74, 6) is -0.0336. The average Bonchev–Trinajstić information content (AvgIpc) is 2.62. The van der Waals surface area contributed by atoms with Crippen LogP contribution in [0, 0.1) is 12.3 Å². The van der Waals surface area contributed by atoms with E-state index in [-0.39, 0.29) is 24.0 Å². The maximum atomic E-state index is 11.9. The van der Waals surface area contributed by atoms with Crippen molar-refractivity contribution in [2.45, 2.75) is 46.6 Å². The first-order chi connectivity index (χ1) is 8.32. The Morgan fingerprint density at radius 2 is 2.22 bits per heavy atom. The number of hydrogen-bond acceptors (Lipinski definition) is 4. The lowest BCUT2D eigenvalue weighted by atomic mass is 9.85. The lowest BCUT2D eigenvalue weighted by Crippen LogP contribution is -2.44. The number of hydrogen-bond donors (Lipinski definition) is 2. The molecule has 1 rings (SSSR count). The van der Waals surface area contributed by atoms with Gasteiger partial charge in [-0.05, 0) is 18.8 Å². The van der Waals surface area contributed by atoms with E-state index in [9.17, 15) is 4.79 Å². The number of aliphatic hydroxyl groups is 1. The summed E-state index contributed by atoms with van der Waals surface area (Å²) < 4.78 is 0. The van der Waals surface area contributed by atoms with Gasteiger partial charge >= 0.3 is 0 Å². The van der Waals surface area contributed by atoms with Crippen LogP contribution in [0.4, 0.5) is 0 Å². The zero-order valence-electron chi connectivity index (χ0n) is 11.5. The van der Waals surface area contributed by atoms with Crippen LogP contribution in [-0.4, -0.2) is 28.6 Å². The summed E-state index contributed by atoms with van der Waals surface area (Å²) in [5.41, 5.74) is 0.753. The molecule has 1 amide bonds. The number of aryl methyl sites for hydroxylation is 1. The molecule has 102 valence electrons. The Balaban J connectivity index is 2.56. The van der Waals surface area contributed by atoms with Gasteiger partial charge in [0.25, 0.3) is 0 Å². The van der Waals surface area contributed by atoms with E-state index in [4.69, 9.17) is 5.11 Å². The summed E-state index contributed by atoms with van der Waals surface area (Å²) in [6.45, 7) is 8.18. The number of nitrogens with zero attached hydrogens (tertiary/aromatic N) is 1. The summed E-state index contributed by atoms with van der Waals surface area (Å²) in [6, 6.07) is -0.0188. The summed E-state index contributed by atoms with van der Waals surface area (Å²) in [4.78, 5) is 16.2. The first-order valence-corrected chi connectivity index (χ1v) is 7.02. The standard InChI is InChI=1S/C13H22N2O2S/c1-9-14-10(8-18-9)7-12(17)15-11(5-6-16)13(2,3)4/h8,11,16H,5-7H2,1-4H3,(H,15,17). The highest BCUT2D eigenvalue weighted by Crippen LogP contribution is 2.21. The molecule has 0 saturated carbocycles. The normalized spacial score (nSPS) is 13.4. The molecule has 1 aromatic heterocycles. The predicted molar refractivity (Wildman–Crippen MR) is 73.6 cm³/mol. The Bertz CT molecular complexity index is 396. The second kappa shape index (κ2) is 6.29. The summed E-state index contributed by atoms with van der Waals surface area (Å²) in [7, 11) is 0. The predicted octanol–water partition coefficient (Wildman–Crippen LogP) is 1.91. The van der Waals surface area contributed by atoms with Gasteiger partial charge in [0, 0.05) is 18.0 Å². The molecule has 0 aliphatic rings. The maximum Gasteiger partial charge on any atom is 0.226 e. The summed E-state index contributed by atoms with van der Waals surface area (Å²) in [6.07, 6.45) is 0.883. The molecule has 1 unspecified atom stereocenters. The van der Waals surface area contributed by atoms with Crippen LogP contribution in [0.15, 0.2) is 5.38 Å². The summed E-state index contributed by atoms with van der Waals surface area (Å²) >= 11 is 1.55. The molecule has 18 heavy (non-hydrogen) atoms.